The lowest BCUT2D eigenvalue weighted by Gasteiger charge is -2.24. The van der Waals surface area contributed by atoms with E-state index in [1.165, 1.54) is 13.3 Å². The van der Waals surface area contributed by atoms with Gasteiger partial charge < -0.3 is 14.6 Å². The number of carbonyl (C=O) groups is 1. The molecule has 0 aliphatic heterocycles. The van der Waals surface area contributed by atoms with Crippen LogP contribution in [0.5, 0.6) is 0 Å². The smallest absolute Gasteiger partial charge is 0.129 e. The van der Waals surface area contributed by atoms with Crippen LogP contribution in [0.3, 0.4) is 0 Å². The Bertz CT molecular complexity index is 269. The van der Waals surface area contributed by atoms with Gasteiger partial charge in [-0.2, -0.15) is 5.17 Å². The Morgan fingerprint density at radius 1 is 1.47 bits per heavy atom. The second kappa shape index (κ2) is 10.9. The van der Waals surface area contributed by atoms with E-state index in [0.717, 1.165) is 24.4 Å². The highest BCUT2D eigenvalue weighted by molar-refractivity contribution is 5.75. The van der Waals surface area contributed by atoms with E-state index in [9.17, 15) is 15.1 Å². The summed E-state index contributed by atoms with van der Waals surface area (Å²) in [4.78, 5) is 10.7. The molecular formula is C13H26N2O4. The molecule has 0 radical (unpaired) electrons. The lowest BCUT2D eigenvalue weighted by molar-refractivity contribution is -0.118. The van der Waals surface area contributed by atoms with E-state index in [4.69, 9.17) is 4.74 Å². The van der Waals surface area contributed by atoms with Crippen molar-refractivity contribution in [2.75, 3.05) is 13.7 Å². The van der Waals surface area contributed by atoms with Crippen LogP contribution in [0.25, 0.3) is 0 Å². The first kappa shape index (κ1) is 18.0. The number of aliphatic hydroxyl groups is 1. The van der Waals surface area contributed by atoms with Crippen molar-refractivity contribution in [3.05, 3.63) is 12.3 Å². The first-order valence-corrected chi connectivity index (χ1v) is 6.54. The van der Waals surface area contributed by atoms with Crippen molar-refractivity contribution in [2.45, 2.75) is 51.7 Å². The van der Waals surface area contributed by atoms with Crippen LogP contribution in [0.4, 0.5) is 0 Å². The fraction of sp³-hybridized carbons (Fsp3) is 0.769. The summed E-state index contributed by atoms with van der Waals surface area (Å²) < 4.78 is 4.93. The lowest BCUT2D eigenvalue weighted by atomic mass is 10.1. The van der Waals surface area contributed by atoms with E-state index >= 15 is 0 Å². The molecule has 0 aliphatic carbocycles. The predicted molar refractivity (Wildman–Crippen MR) is 72.4 cm³/mol. The highest BCUT2D eigenvalue weighted by Crippen LogP contribution is 2.02. The molecule has 0 rings (SSSR count). The van der Waals surface area contributed by atoms with Crippen molar-refractivity contribution in [3.63, 3.8) is 0 Å². The molecule has 0 fully saturated rings. The second-order valence-electron chi connectivity index (χ2n) is 4.61. The van der Waals surface area contributed by atoms with Crippen LogP contribution in [0.15, 0.2) is 12.3 Å². The van der Waals surface area contributed by atoms with Crippen LogP contribution in [0.2, 0.25) is 0 Å². The van der Waals surface area contributed by atoms with Gasteiger partial charge in [0.15, 0.2) is 0 Å². The minimum Gasteiger partial charge on any atom is -0.392 e. The highest BCUT2D eigenvalue weighted by atomic mass is 16.5. The average molecular weight is 274 g/mol. The maximum Gasteiger partial charge on any atom is 0.129 e. The molecule has 2 atom stereocenters. The Hall–Kier alpha value is -0.950. The molecule has 0 spiro atoms. The molecule has 6 nitrogen and oxygen atoms in total. The first-order valence-electron chi connectivity index (χ1n) is 6.54. The van der Waals surface area contributed by atoms with Crippen LogP contribution >= 0.6 is 0 Å². The number of ketones is 1. The number of hydrazine groups is 1. The zero-order valence-electron chi connectivity index (χ0n) is 12.0. The van der Waals surface area contributed by atoms with Gasteiger partial charge in [0, 0.05) is 19.7 Å². The number of unbranched alkanes of at least 4 members (excludes halogenated alkanes) is 2. The fourth-order valence-electron chi connectivity index (χ4n) is 1.49. The zero-order chi connectivity index (χ0) is 14.7. The van der Waals surface area contributed by atoms with Crippen molar-refractivity contribution in [1.82, 2.24) is 10.6 Å². The van der Waals surface area contributed by atoms with Crippen molar-refractivity contribution in [2.24, 2.45) is 0 Å². The number of hydrogen-bond acceptors (Lipinski definition) is 6. The molecule has 0 unspecified atom stereocenters. The van der Waals surface area contributed by atoms with Gasteiger partial charge in [-0.25, -0.2) is 5.43 Å². The topological polar surface area (TPSA) is 82.0 Å². The molecule has 0 heterocycles. The molecule has 6 heteroatoms. The number of hydrogen-bond donors (Lipinski definition) is 3. The van der Waals surface area contributed by atoms with Crippen LogP contribution in [-0.4, -0.2) is 47.1 Å². The quantitative estimate of drug-likeness (QED) is 0.388. The van der Waals surface area contributed by atoms with Crippen LogP contribution in [0, 0.1) is 0 Å². The number of nitrogens with zero attached hydrogens (tertiary/aromatic N) is 1. The monoisotopic (exact) mass is 274 g/mol. The Morgan fingerprint density at radius 2 is 2.16 bits per heavy atom. The van der Waals surface area contributed by atoms with E-state index in [2.05, 4.69) is 5.43 Å². The number of rotatable bonds is 11. The van der Waals surface area contributed by atoms with Crippen LogP contribution < -0.4 is 5.43 Å². The van der Waals surface area contributed by atoms with Crippen LogP contribution in [-0.2, 0) is 9.53 Å². The maximum absolute atomic E-state index is 10.7. The van der Waals surface area contributed by atoms with Gasteiger partial charge in [0.1, 0.15) is 5.78 Å². The fourth-order valence-corrected chi connectivity index (χ4v) is 1.49. The second-order valence-corrected chi connectivity index (χ2v) is 4.61. The van der Waals surface area contributed by atoms with E-state index in [-0.39, 0.29) is 11.8 Å². The molecule has 0 aromatic carbocycles. The number of carbonyl (C=O) groups excluding carboxylic acids is 1. The largest absolute Gasteiger partial charge is 0.392 e. The van der Waals surface area contributed by atoms with Gasteiger partial charge in [-0.15, -0.1) is 0 Å². The van der Waals surface area contributed by atoms with Crippen molar-refractivity contribution >= 4 is 5.78 Å². The molecule has 0 aromatic heterocycles. The molecule has 0 saturated heterocycles. The molecule has 3 N–H and O–H groups in total. The number of allylic oxidation sites excluding steroid dienone is 1. The van der Waals surface area contributed by atoms with Crippen molar-refractivity contribution < 1.29 is 19.8 Å². The Kier molecular flexibility index (Phi) is 10.4. The number of aliphatic hydroxyl groups excluding tert-OH is 1. The summed E-state index contributed by atoms with van der Waals surface area (Å²) in [6.07, 6.45) is 5.80. The first-order chi connectivity index (χ1) is 8.97. The number of ether oxygens (including phenoxy) is 1. The van der Waals surface area contributed by atoms with Gasteiger partial charge in [0.25, 0.3) is 0 Å². The van der Waals surface area contributed by atoms with E-state index in [0.29, 0.717) is 13.0 Å². The maximum atomic E-state index is 10.7. The highest BCUT2D eigenvalue weighted by Gasteiger charge is 2.15. The molecular weight excluding hydrogens is 248 g/mol. The van der Waals surface area contributed by atoms with Crippen molar-refractivity contribution in [1.29, 1.82) is 0 Å². The van der Waals surface area contributed by atoms with Gasteiger partial charge >= 0.3 is 0 Å². The third-order valence-corrected chi connectivity index (χ3v) is 2.62. The molecule has 0 aromatic rings. The minimum absolute atomic E-state index is 0.203. The molecule has 112 valence electrons. The normalized spacial score (nSPS) is 14.6. The summed E-state index contributed by atoms with van der Waals surface area (Å²) in [6.45, 7) is 3.50. The zero-order valence-corrected chi connectivity index (χ0v) is 12.0. The SMILES string of the molecule is COC[C@H](NN(O)/C=C/CCCCC(C)=O)[C@H](C)O. The third kappa shape index (κ3) is 10.6. The number of methoxy groups -OCH3 is 1. The molecule has 0 saturated carbocycles. The number of nitrogens with one attached hydrogen (secondary N) is 1. The third-order valence-electron chi connectivity index (χ3n) is 2.62. The summed E-state index contributed by atoms with van der Waals surface area (Å²) in [5.41, 5.74) is 2.70. The summed E-state index contributed by atoms with van der Waals surface area (Å²) in [5, 5.41) is 19.8. The Morgan fingerprint density at radius 3 is 2.68 bits per heavy atom. The number of hydroxylamine groups is 1. The van der Waals surface area contributed by atoms with Crippen molar-refractivity contribution in [3.8, 4) is 0 Å². The van der Waals surface area contributed by atoms with Gasteiger partial charge in [-0.05, 0) is 33.1 Å². The Labute approximate surface area is 115 Å². The van der Waals surface area contributed by atoms with Gasteiger partial charge in [0.2, 0.25) is 0 Å². The summed E-state index contributed by atoms with van der Waals surface area (Å²) >= 11 is 0. The van der Waals surface area contributed by atoms with E-state index in [1.807, 2.05) is 0 Å². The molecule has 19 heavy (non-hydrogen) atoms. The summed E-state index contributed by atoms with van der Waals surface area (Å²) in [7, 11) is 1.53. The molecule has 0 bridgehead atoms. The Balaban J connectivity index is 3.82. The van der Waals surface area contributed by atoms with Crippen LogP contribution in [0.1, 0.15) is 39.5 Å². The molecule has 0 aliphatic rings. The summed E-state index contributed by atoms with van der Waals surface area (Å²) in [5.74, 6) is 0.203. The number of Topliss-reactive ketones (excluding diaryl/α,β-unsaturated/α-hetero) is 1. The van der Waals surface area contributed by atoms with Gasteiger partial charge in [-0.3, -0.25) is 5.21 Å². The predicted octanol–water partition coefficient (Wildman–Crippen LogP) is 1.24. The minimum atomic E-state index is -0.640. The lowest BCUT2D eigenvalue weighted by Crippen LogP contribution is -2.48. The van der Waals surface area contributed by atoms with Gasteiger partial charge in [-0.1, -0.05) is 6.08 Å². The van der Waals surface area contributed by atoms with E-state index in [1.54, 1.807) is 19.9 Å². The molecule has 0 amide bonds. The standard InChI is InChI=1S/C13H26N2O4/c1-11(16)8-6-4-5-7-9-15(18)14-13(10-19-3)12(2)17/h7,9,12-14,17-18H,4-6,8,10H2,1-3H3/b9-7+/t12-,13-/m0/s1. The van der Waals surface area contributed by atoms with Gasteiger partial charge in [0.05, 0.1) is 18.8 Å². The van der Waals surface area contributed by atoms with E-state index < -0.39 is 6.10 Å². The average Bonchev–Trinajstić information content (AvgIpc) is 2.32. The summed E-state index contributed by atoms with van der Waals surface area (Å²) in [6, 6.07) is -0.377.